The van der Waals surface area contributed by atoms with Gasteiger partial charge in [-0.15, -0.1) is 0 Å². The fraction of sp³-hybridized carbons (Fsp3) is 0.318. The van der Waals surface area contributed by atoms with E-state index in [1.54, 1.807) is 55.6 Å². The number of hydrogen-bond donors (Lipinski definition) is 0. The highest BCUT2D eigenvalue weighted by atomic mass is 35.5. The Morgan fingerprint density at radius 3 is 2.33 bits per heavy atom. The van der Waals surface area contributed by atoms with Gasteiger partial charge in [-0.1, -0.05) is 23.7 Å². The zero-order valence-electron chi connectivity index (χ0n) is 18.7. The number of hydrogen-bond acceptors (Lipinski definition) is 7. The lowest BCUT2D eigenvalue weighted by Crippen LogP contribution is -2.39. The number of carbonyl (C=O) groups excluding carboxylic acids is 1. The minimum atomic E-state index is -3.36. The number of sulfonamides is 1. The van der Waals surface area contributed by atoms with Crippen LogP contribution in [0.3, 0.4) is 0 Å². The van der Waals surface area contributed by atoms with Gasteiger partial charge in [0.15, 0.2) is 6.10 Å². The minimum absolute atomic E-state index is 0.122. The Morgan fingerprint density at radius 1 is 1.12 bits per heavy atom. The smallest absolute Gasteiger partial charge is 0.263 e. The lowest BCUT2D eigenvalue weighted by Gasteiger charge is -2.23. The van der Waals surface area contributed by atoms with Crippen LogP contribution in [0, 0.1) is 0 Å². The van der Waals surface area contributed by atoms with Crippen LogP contribution in [-0.2, 0) is 21.4 Å². The Balaban J connectivity index is 1.63. The second-order valence-corrected chi connectivity index (χ2v) is 9.90. The first-order valence-electron chi connectivity index (χ1n) is 10.1. The molecule has 1 unspecified atom stereocenters. The molecule has 1 amide bonds. The lowest BCUT2D eigenvalue weighted by atomic mass is 10.2. The first kappa shape index (κ1) is 24.5. The Morgan fingerprint density at radius 2 is 1.76 bits per heavy atom. The van der Waals surface area contributed by atoms with Crippen molar-refractivity contribution in [3.63, 3.8) is 0 Å². The molecule has 0 saturated carbocycles. The van der Waals surface area contributed by atoms with Gasteiger partial charge in [-0.3, -0.25) is 9.10 Å². The monoisotopic (exact) mass is 492 g/mol. The van der Waals surface area contributed by atoms with E-state index >= 15 is 0 Å². The number of halogens is 1. The average Bonchev–Trinajstić information content (AvgIpc) is 3.25. The molecule has 0 aliphatic carbocycles. The predicted octanol–water partition coefficient (Wildman–Crippen LogP) is 3.60. The summed E-state index contributed by atoms with van der Waals surface area (Å²) < 4.78 is 35.6. The second kappa shape index (κ2) is 10.2. The first-order valence-corrected chi connectivity index (χ1v) is 12.3. The molecule has 3 rings (SSSR count). The molecule has 176 valence electrons. The van der Waals surface area contributed by atoms with Crippen LogP contribution in [0.5, 0.6) is 5.75 Å². The van der Waals surface area contributed by atoms with Crippen molar-refractivity contribution in [1.29, 1.82) is 0 Å². The maximum absolute atomic E-state index is 12.9. The van der Waals surface area contributed by atoms with Gasteiger partial charge >= 0.3 is 0 Å². The van der Waals surface area contributed by atoms with E-state index in [-0.39, 0.29) is 12.5 Å². The molecule has 0 saturated heterocycles. The zero-order chi connectivity index (χ0) is 24.2. The number of nitrogens with zero attached hydrogens (tertiary/aromatic N) is 4. The maximum atomic E-state index is 12.9. The summed E-state index contributed by atoms with van der Waals surface area (Å²) in [6, 6.07) is 13.5. The van der Waals surface area contributed by atoms with Crippen LogP contribution in [0.25, 0.3) is 11.4 Å². The molecular weight excluding hydrogens is 468 g/mol. The Hall–Kier alpha value is -3.11. The second-order valence-electron chi connectivity index (χ2n) is 7.45. The highest BCUT2D eigenvalue weighted by Crippen LogP contribution is 2.23. The molecule has 2 aromatic carbocycles. The largest absolute Gasteiger partial charge is 0.481 e. The molecule has 3 aromatic rings. The quantitative estimate of drug-likeness (QED) is 0.449. The van der Waals surface area contributed by atoms with Crippen LogP contribution < -0.4 is 9.04 Å². The lowest BCUT2D eigenvalue weighted by molar-refractivity contribution is -0.138. The molecule has 1 aromatic heterocycles. The standard InChI is InChI=1S/C22H25ClN4O5S/c1-5-19(31-18-12-10-17(11-13-18)27(3)33(4,29)30)22(28)26(2)14-20-24-21(25-32-20)15-6-8-16(23)9-7-15/h6-13,19H,5,14H2,1-4H3. The minimum Gasteiger partial charge on any atom is -0.481 e. The summed E-state index contributed by atoms with van der Waals surface area (Å²) >= 11 is 5.90. The number of anilines is 1. The van der Waals surface area contributed by atoms with Crippen molar-refractivity contribution in [2.24, 2.45) is 0 Å². The van der Waals surface area contributed by atoms with Gasteiger partial charge in [0.2, 0.25) is 21.7 Å². The van der Waals surface area contributed by atoms with E-state index in [1.807, 2.05) is 6.92 Å². The number of likely N-dealkylation sites (N-methyl/N-ethyl adjacent to an activating group) is 1. The molecule has 0 radical (unpaired) electrons. The topological polar surface area (TPSA) is 106 Å². The zero-order valence-corrected chi connectivity index (χ0v) is 20.3. The summed E-state index contributed by atoms with van der Waals surface area (Å²) in [5, 5.41) is 4.56. The van der Waals surface area contributed by atoms with E-state index in [0.717, 1.165) is 16.1 Å². The molecule has 0 spiro atoms. The molecule has 0 aliphatic rings. The van der Waals surface area contributed by atoms with E-state index in [2.05, 4.69) is 10.1 Å². The van der Waals surface area contributed by atoms with Crippen molar-refractivity contribution in [3.05, 3.63) is 59.4 Å². The molecule has 0 aliphatic heterocycles. The van der Waals surface area contributed by atoms with Crippen molar-refractivity contribution >= 4 is 33.2 Å². The number of ether oxygens (including phenoxy) is 1. The molecular formula is C22H25ClN4O5S. The van der Waals surface area contributed by atoms with Crippen molar-refractivity contribution in [2.75, 3.05) is 24.7 Å². The van der Waals surface area contributed by atoms with Gasteiger partial charge in [-0.05, 0) is 55.0 Å². The van der Waals surface area contributed by atoms with Crippen LogP contribution in [0.4, 0.5) is 5.69 Å². The molecule has 1 atom stereocenters. The highest BCUT2D eigenvalue weighted by molar-refractivity contribution is 7.92. The van der Waals surface area contributed by atoms with Gasteiger partial charge in [-0.2, -0.15) is 4.98 Å². The van der Waals surface area contributed by atoms with Crippen molar-refractivity contribution in [2.45, 2.75) is 26.0 Å². The van der Waals surface area contributed by atoms with E-state index in [4.69, 9.17) is 20.9 Å². The third-order valence-corrected chi connectivity index (χ3v) is 6.40. The Labute approximate surface area is 198 Å². The first-order chi connectivity index (χ1) is 15.6. The van der Waals surface area contributed by atoms with E-state index in [9.17, 15) is 13.2 Å². The summed E-state index contributed by atoms with van der Waals surface area (Å²) in [7, 11) is -0.267. The summed E-state index contributed by atoms with van der Waals surface area (Å²) in [6.45, 7) is 1.96. The average molecular weight is 493 g/mol. The van der Waals surface area contributed by atoms with Gasteiger partial charge in [0.05, 0.1) is 18.5 Å². The van der Waals surface area contributed by atoms with Crippen LogP contribution >= 0.6 is 11.6 Å². The van der Waals surface area contributed by atoms with Gasteiger partial charge in [0.25, 0.3) is 5.91 Å². The van der Waals surface area contributed by atoms with E-state index < -0.39 is 16.1 Å². The van der Waals surface area contributed by atoms with Gasteiger partial charge in [-0.25, -0.2) is 8.42 Å². The van der Waals surface area contributed by atoms with E-state index in [1.165, 1.54) is 11.9 Å². The number of aromatic nitrogens is 2. The third-order valence-electron chi connectivity index (χ3n) is 4.94. The maximum Gasteiger partial charge on any atom is 0.263 e. The highest BCUT2D eigenvalue weighted by Gasteiger charge is 2.24. The van der Waals surface area contributed by atoms with Crippen LogP contribution in [0.15, 0.2) is 53.1 Å². The fourth-order valence-corrected chi connectivity index (χ4v) is 3.59. The number of rotatable bonds is 9. The molecule has 33 heavy (non-hydrogen) atoms. The van der Waals surface area contributed by atoms with Crippen molar-refractivity contribution in [3.8, 4) is 17.1 Å². The third kappa shape index (κ3) is 6.23. The Kier molecular flexibility index (Phi) is 7.60. The fourth-order valence-electron chi connectivity index (χ4n) is 2.96. The molecule has 11 heteroatoms. The van der Waals surface area contributed by atoms with Crippen LogP contribution in [0.1, 0.15) is 19.2 Å². The summed E-state index contributed by atoms with van der Waals surface area (Å²) in [5.74, 6) is 0.905. The van der Waals surface area contributed by atoms with Crippen molar-refractivity contribution in [1.82, 2.24) is 15.0 Å². The van der Waals surface area contributed by atoms with Crippen LogP contribution in [0.2, 0.25) is 5.02 Å². The summed E-state index contributed by atoms with van der Waals surface area (Å²) in [6.07, 6.45) is 0.835. The predicted molar refractivity (Wildman–Crippen MR) is 126 cm³/mol. The molecule has 0 bridgehead atoms. The SMILES string of the molecule is CCC(Oc1ccc(N(C)S(C)(=O)=O)cc1)C(=O)N(C)Cc1nc(-c2ccc(Cl)cc2)no1. The molecule has 0 N–H and O–H groups in total. The van der Waals surface area contributed by atoms with Gasteiger partial charge in [0.1, 0.15) is 5.75 Å². The summed E-state index contributed by atoms with van der Waals surface area (Å²) in [5.41, 5.74) is 1.25. The van der Waals surface area contributed by atoms with Gasteiger partial charge in [0, 0.05) is 24.7 Å². The number of carbonyl (C=O) groups is 1. The summed E-state index contributed by atoms with van der Waals surface area (Å²) in [4.78, 5) is 18.7. The normalized spacial score (nSPS) is 12.3. The van der Waals surface area contributed by atoms with E-state index in [0.29, 0.717) is 34.6 Å². The molecule has 1 heterocycles. The molecule has 0 fully saturated rings. The molecule has 9 nitrogen and oxygen atoms in total. The van der Waals surface area contributed by atoms with Crippen molar-refractivity contribution < 1.29 is 22.5 Å². The Bertz CT molecular complexity index is 1200. The number of amides is 1. The van der Waals surface area contributed by atoms with Crippen LogP contribution in [-0.4, -0.2) is 55.8 Å². The van der Waals surface area contributed by atoms with Gasteiger partial charge < -0.3 is 14.2 Å². The number of benzene rings is 2.